The molecule has 2 heterocycles. The van der Waals surface area contributed by atoms with Gasteiger partial charge in [-0.3, -0.25) is 4.68 Å². The topological polar surface area (TPSA) is 41.3 Å². The van der Waals surface area contributed by atoms with E-state index in [2.05, 4.69) is 16.9 Å². The first kappa shape index (κ1) is 10.6. The van der Waals surface area contributed by atoms with Gasteiger partial charge in [0.15, 0.2) is 0 Å². The third-order valence-corrected chi connectivity index (χ3v) is 3.32. The quantitative estimate of drug-likeness (QED) is 0.780. The van der Waals surface area contributed by atoms with Crippen LogP contribution >= 0.6 is 0 Å². The van der Waals surface area contributed by atoms with Crippen LogP contribution in [0.3, 0.4) is 0 Å². The number of nitrogens with zero attached hydrogens (tertiary/aromatic N) is 3. The van der Waals surface area contributed by atoms with Crippen LogP contribution in [0.5, 0.6) is 0 Å². The van der Waals surface area contributed by atoms with Crippen LogP contribution in [0.4, 0.5) is 0 Å². The molecule has 1 N–H and O–H groups in total. The molecule has 0 amide bonds. The molecule has 1 aliphatic rings. The van der Waals surface area contributed by atoms with Gasteiger partial charge in [0.05, 0.1) is 5.69 Å². The maximum Gasteiger partial charge on any atom is 0.111 e. The molecular formula is C11H19N3O. The maximum absolute atomic E-state index is 10.5. The van der Waals surface area contributed by atoms with Gasteiger partial charge < -0.3 is 10.0 Å². The number of aromatic nitrogens is 2. The Morgan fingerprint density at radius 2 is 2.13 bits per heavy atom. The summed E-state index contributed by atoms with van der Waals surface area (Å²) in [5.74, 6) is 0. The first-order valence-electron chi connectivity index (χ1n) is 5.59. The van der Waals surface area contributed by atoms with Crippen LogP contribution in [-0.4, -0.2) is 39.4 Å². The summed E-state index contributed by atoms with van der Waals surface area (Å²) >= 11 is 0. The van der Waals surface area contributed by atoms with Crippen molar-refractivity contribution in [3.05, 3.63) is 18.0 Å². The van der Waals surface area contributed by atoms with Crippen molar-refractivity contribution in [2.24, 2.45) is 7.05 Å². The molecule has 0 unspecified atom stereocenters. The Morgan fingerprint density at radius 1 is 1.47 bits per heavy atom. The monoisotopic (exact) mass is 209 g/mol. The number of piperidine rings is 1. The molecule has 0 bridgehead atoms. The van der Waals surface area contributed by atoms with Crippen LogP contribution in [-0.2, 0) is 12.6 Å². The molecule has 0 spiro atoms. The minimum absolute atomic E-state index is 0.701. The van der Waals surface area contributed by atoms with Crippen LogP contribution < -0.4 is 0 Å². The van der Waals surface area contributed by atoms with Crippen molar-refractivity contribution in [1.29, 1.82) is 0 Å². The lowest BCUT2D eigenvalue weighted by molar-refractivity contribution is -0.0284. The lowest BCUT2D eigenvalue weighted by atomic mass is 9.88. The molecule has 15 heavy (non-hydrogen) atoms. The molecule has 1 aromatic heterocycles. The van der Waals surface area contributed by atoms with Gasteiger partial charge in [-0.25, -0.2) is 0 Å². The van der Waals surface area contributed by atoms with Crippen LogP contribution in [0.15, 0.2) is 12.3 Å². The van der Waals surface area contributed by atoms with E-state index in [1.54, 1.807) is 4.68 Å². The number of hydrogen-bond acceptors (Lipinski definition) is 3. The summed E-state index contributed by atoms with van der Waals surface area (Å²) in [6, 6.07) is 1.92. The summed E-state index contributed by atoms with van der Waals surface area (Å²) in [7, 11) is 1.88. The van der Waals surface area contributed by atoms with Crippen molar-refractivity contribution in [3.8, 4) is 0 Å². The first-order valence-corrected chi connectivity index (χ1v) is 5.59. The molecule has 84 valence electrons. The van der Waals surface area contributed by atoms with Crippen LogP contribution in [0.1, 0.15) is 25.5 Å². The molecule has 0 aliphatic carbocycles. The Morgan fingerprint density at radius 3 is 2.60 bits per heavy atom. The van der Waals surface area contributed by atoms with Gasteiger partial charge in [0.2, 0.25) is 0 Å². The second-order valence-electron chi connectivity index (χ2n) is 4.34. The Labute approximate surface area is 90.5 Å². The zero-order valence-corrected chi connectivity index (χ0v) is 9.48. The fraction of sp³-hybridized carbons (Fsp3) is 0.727. The minimum Gasteiger partial charge on any atom is -0.383 e. The molecule has 1 aromatic rings. The zero-order valence-electron chi connectivity index (χ0n) is 9.48. The summed E-state index contributed by atoms with van der Waals surface area (Å²) in [6.45, 7) is 5.15. The van der Waals surface area contributed by atoms with E-state index in [0.717, 1.165) is 38.2 Å². The summed E-state index contributed by atoms with van der Waals surface area (Å²) in [5, 5.41) is 14.8. The molecule has 0 atom stereocenters. The summed E-state index contributed by atoms with van der Waals surface area (Å²) in [5.41, 5.74) is 0.119. The lowest BCUT2D eigenvalue weighted by Gasteiger charge is -2.36. The van der Waals surface area contributed by atoms with E-state index in [1.165, 1.54) is 0 Å². The Balaban J connectivity index is 2.09. The number of hydrogen-bond donors (Lipinski definition) is 1. The van der Waals surface area contributed by atoms with Crippen LogP contribution in [0.2, 0.25) is 0 Å². The third-order valence-electron chi connectivity index (χ3n) is 3.32. The van der Waals surface area contributed by atoms with Crippen molar-refractivity contribution in [2.45, 2.75) is 25.4 Å². The zero-order chi connectivity index (χ0) is 10.9. The van der Waals surface area contributed by atoms with Gasteiger partial charge in [-0.1, -0.05) is 6.92 Å². The molecule has 0 aromatic carbocycles. The van der Waals surface area contributed by atoms with Crippen molar-refractivity contribution in [3.63, 3.8) is 0 Å². The molecular weight excluding hydrogens is 190 g/mol. The van der Waals surface area contributed by atoms with Gasteiger partial charge in [-0.15, -0.1) is 0 Å². The summed E-state index contributed by atoms with van der Waals surface area (Å²) in [4.78, 5) is 2.36. The summed E-state index contributed by atoms with van der Waals surface area (Å²) < 4.78 is 1.75. The molecule has 1 aliphatic heterocycles. The predicted molar refractivity (Wildman–Crippen MR) is 58.5 cm³/mol. The fourth-order valence-electron chi connectivity index (χ4n) is 2.16. The lowest BCUT2D eigenvalue weighted by Crippen LogP contribution is -2.42. The number of aliphatic hydroxyl groups is 1. The van der Waals surface area contributed by atoms with Crippen LogP contribution in [0, 0.1) is 0 Å². The molecule has 1 fully saturated rings. The molecule has 4 nitrogen and oxygen atoms in total. The number of aryl methyl sites for hydroxylation is 1. The number of likely N-dealkylation sites (tertiary alicyclic amines) is 1. The highest BCUT2D eigenvalue weighted by Gasteiger charge is 2.35. The van der Waals surface area contributed by atoms with E-state index in [1.807, 2.05) is 19.3 Å². The average Bonchev–Trinajstić information content (AvgIpc) is 2.67. The number of rotatable bonds is 2. The normalized spacial score (nSPS) is 21.8. The van der Waals surface area contributed by atoms with Crippen molar-refractivity contribution < 1.29 is 5.11 Å². The molecule has 0 saturated carbocycles. The van der Waals surface area contributed by atoms with Gasteiger partial charge in [-0.05, 0) is 25.5 Å². The molecule has 0 radical (unpaired) electrons. The third kappa shape index (κ3) is 2.06. The predicted octanol–water partition coefficient (Wildman–Crippen LogP) is 0.723. The van der Waals surface area contributed by atoms with Crippen molar-refractivity contribution >= 4 is 0 Å². The molecule has 2 rings (SSSR count). The largest absolute Gasteiger partial charge is 0.383 e. The average molecular weight is 209 g/mol. The van der Waals surface area contributed by atoms with Crippen molar-refractivity contribution in [2.75, 3.05) is 19.6 Å². The standard InChI is InChI=1S/C11H19N3O/c1-3-14-8-5-11(15,6-9-14)10-4-7-13(2)12-10/h4,7,15H,3,5-6,8-9H2,1-2H3. The Bertz CT molecular complexity index is 326. The van der Waals surface area contributed by atoms with E-state index in [4.69, 9.17) is 0 Å². The molecule has 4 heteroatoms. The van der Waals surface area contributed by atoms with Gasteiger partial charge in [-0.2, -0.15) is 5.10 Å². The van der Waals surface area contributed by atoms with Gasteiger partial charge >= 0.3 is 0 Å². The fourth-order valence-corrected chi connectivity index (χ4v) is 2.16. The van der Waals surface area contributed by atoms with Gasteiger partial charge in [0.1, 0.15) is 5.60 Å². The highest BCUT2D eigenvalue weighted by atomic mass is 16.3. The van der Waals surface area contributed by atoms with E-state index >= 15 is 0 Å². The Hall–Kier alpha value is -0.870. The maximum atomic E-state index is 10.5. The first-order chi connectivity index (χ1) is 7.14. The minimum atomic E-state index is -0.701. The Kier molecular flexibility index (Phi) is 2.80. The van der Waals surface area contributed by atoms with Gasteiger partial charge in [0, 0.05) is 26.3 Å². The van der Waals surface area contributed by atoms with Crippen molar-refractivity contribution in [1.82, 2.24) is 14.7 Å². The van der Waals surface area contributed by atoms with E-state index in [0.29, 0.717) is 0 Å². The van der Waals surface area contributed by atoms with E-state index < -0.39 is 5.60 Å². The smallest absolute Gasteiger partial charge is 0.111 e. The highest BCUT2D eigenvalue weighted by molar-refractivity contribution is 5.11. The second-order valence-corrected chi connectivity index (χ2v) is 4.34. The van der Waals surface area contributed by atoms with Crippen LogP contribution in [0.25, 0.3) is 0 Å². The van der Waals surface area contributed by atoms with E-state index in [9.17, 15) is 5.11 Å². The summed E-state index contributed by atoms with van der Waals surface area (Å²) in [6.07, 6.45) is 3.47. The highest BCUT2D eigenvalue weighted by Crippen LogP contribution is 2.31. The molecule has 1 saturated heterocycles. The SMILES string of the molecule is CCN1CCC(O)(c2ccn(C)n2)CC1. The second kappa shape index (κ2) is 3.94. The van der Waals surface area contributed by atoms with E-state index in [-0.39, 0.29) is 0 Å². The van der Waals surface area contributed by atoms with Gasteiger partial charge in [0.25, 0.3) is 0 Å².